The van der Waals surface area contributed by atoms with Crippen LogP contribution in [0.4, 0.5) is 5.69 Å². The van der Waals surface area contributed by atoms with Crippen LogP contribution in [0.3, 0.4) is 0 Å². The van der Waals surface area contributed by atoms with Crippen LogP contribution < -0.4 is 4.90 Å². The van der Waals surface area contributed by atoms with Crippen LogP contribution >= 0.6 is 0 Å². The maximum Gasteiger partial charge on any atom is 0.228 e. The maximum absolute atomic E-state index is 12.7. The molecule has 22 heavy (non-hydrogen) atoms. The fourth-order valence-corrected chi connectivity index (χ4v) is 3.10. The van der Waals surface area contributed by atoms with Crippen LogP contribution in [0.5, 0.6) is 0 Å². The summed E-state index contributed by atoms with van der Waals surface area (Å²) in [7, 11) is 0. The molecule has 1 aliphatic heterocycles. The Morgan fingerprint density at radius 3 is 2.45 bits per heavy atom. The van der Waals surface area contributed by atoms with Crippen molar-refractivity contribution in [3.63, 3.8) is 0 Å². The lowest BCUT2D eigenvalue weighted by atomic mass is 10.1. The number of hydrogen-bond donors (Lipinski definition) is 0. The van der Waals surface area contributed by atoms with E-state index in [1.807, 2.05) is 36.1 Å². The zero-order valence-corrected chi connectivity index (χ0v) is 13.8. The Morgan fingerprint density at radius 2 is 1.86 bits per heavy atom. The highest BCUT2D eigenvalue weighted by atomic mass is 16.2. The summed E-state index contributed by atoms with van der Waals surface area (Å²) >= 11 is 0. The van der Waals surface area contributed by atoms with E-state index in [2.05, 4.69) is 13.8 Å². The lowest BCUT2D eigenvalue weighted by Gasteiger charge is -2.25. The average Bonchev–Trinajstić information content (AvgIpc) is 2.88. The molecule has 1 aromatic rings. The minimum Gasteiger partial charge on any atom is -0.342 e. The van der Waals surface area contributed by atoms with E-state index in [1.165, 1.54) is 0 Å². The first-order valence-corrected chi connectivity index (χ1v) is 8.23. The first-order valence-electron chi connectivity index (χ1n) is 8.23. The molecule has 1 unspecified atom stereocenters. The zero-order valence-electron chi connectivity index (χ0n) is 13.8. The molecule has 0 saturated carbocycles. The van der Waals surface area contributed by atoms with E-state index in [-0.39, 0.29) is 17.7 Å². The fourth-order valence-electron chi connectivity index (χ4n) is 3.10. The van der Waals surface area contributed by atoms with Gasteiger partial charge in [0, 0.05) is 31.7 Å². The van der Waals surface area contributed by atoms with Crippen molar-refractivity contribution in [2.75, 3.05) is 24.5 Å². The highest BCUT2D eigenvalue weighted by Gasteiger charge is 2.37. The van der Waals surface area contributed by atoms with Gasteiger partial charge in [0.2, 0.25) is 11.8 Å². The Bertz CT molecular complexity index is 536. The average molecular weight is 302 g/mol. The van der Waals surface area contributed by atoms with E-state index in [9.17, 15) is 9.59 Å². The van der Waals surface area contributed by atoms with Gasteiger partial charge < -0.3 is 9.80 Å². The van der Waals surface area contributed by atoms with E-state index >= 15 is 0 Å². The van der Waals surface area contributed by atoms with Crippen LogP contribution in [0.15, 0.2) is 24.3 Å². The normalized spacial score (nSPS) is 17.9. The second-order valence-electron chi connectivity index (χ2n) is 6.02. The van der Waals surface area contributed by atoms with Crippen LogP contribution in [0, 0.1) is 12.8 Å². The van der Waals surface area contributed by atoms with Crippen LogP contribution in [0.1, 0.15) is 38.7 Å². The third kappa shape index (κ3) is 3.49. The molecule has 4 nitrogen and oxygen atoms in total. The number of anilines is 1. The lowest BCUT2D eigenvalue weighted by molar-refractivity contribution is -0.135. The minimum atomic E-state index is -0.204. The van der Waals surface area contributed by atoms with Crippen LogP contribution in [0.25, 0.3) is 0 Å². The van der Waals surface area contributed by atoms with Crippen molar-refractivity contribution in [2.45, 2.75) is 40.0 Å². The molecule has 0 aliphatic carbocycles. The second-order valence-corrected chi connectivity index (χ2v) is 6.02. The summed E-state index contributed by atoms with van der Waals surface area (Å²) in [5, 5.41) is 0. The van der Waals surface area contributed by atoms with Gasteiger partial charge in [0.15, 0.2) is 0 Å². The topological polar surface area (TPSA) is 40.6 Å². The molecular weight excluding hydrogens is 276 g/mol. The van der Waals surface area contributed by atoms with Gasteiger partial charge in [-0.1, -0.05) is 32.0 Å². The Morgan fingerprint density at radius 1 is 1.23 bits per heavy atom. The molecule has 2 amide bonds. The van der Waals surface area contributed by atoms with E-state index in [0.29, 0.717) is 13.0 Å². The highest BCUT2D eigenvalue weighted by Crippen LogP contribution is 2.28. The lowest BCUT2D eigenvalue weighted by Crippen LogP contribution is -2.38. The molecule has 120 valence electrons. The molecule has 1 atom stereocenters. The molecule has 1 heterocycles. The number of benzene rings is 1. The SMILES string of the molecule is CCCN(CCC)C(=O)C1CC(=O)N(c2ccccc2C)C1. The monoisotopic (exact) mass is 302 g/mol. The van der Waals surface area contributed by atoms with E-state index in [4.69, 9.17) is 0 Å². The number of aryl methyl sites for hydroxylation is 1. The number of carbonyl (C=O) groups excluding carboxylic acids is 2. The Labute approximate surface area is 133 Å². The first-order chi connectivity index (χ1) is 10.6. The predicted molar refractivity (Wildman–Crippen MR) is 88.8 cm³/mol. The van der Waals surface area contributed by atoms with Crippen LogP contribution in [-0.2, 0) is 9.59 Å². The smallest absolute Gasteiger partial charge is 0.228 e. The molecule has 0 radical (unpaired) electrons. The van der Waals surface area contributed by atoms with Gasteiger partial charge in [0.25, 0.3) is 0 Å². The van der Waals surface area contributed by atoms with Crippen molar-refractivity contribution in [2.24, 2.45) is 5.92 Å². The van der Waals surface area contributed by atoms with Crippen LogP contribution in [-0.4, -0.2) is 36.3 Å². The fraction of sp³-hybridized carbons (Fsp3) is 0.556. The van der Waals surface area contributed by atoms with E-state index < -0.39 is 0 Å². The summed E-state index contributed by atoms with van der Waals surface area (Å²) in [4.78, 5) is 28.7. The third-order valence-electron chi connectivity index (χ3n) is 4.18. The van der Waals surface area contributed by atoms with Gasteiger partial charge in [-0.15, -0.1) is 0 Å². The second kappa shape index (κ2) is 7.43. The zero-order chi connectivity index (χ0) is 16.1. The molecule has 1 saturated heterocycles. The largest absolute Gasteiger partial charge is 0.342 e. The van der Waals surface area contributed by atoms with Gasteiger partial charge in [-0.3, -0.25) is 9.59 Å². The highest BCUT2D eigenvalue weighted by molar-refractivity contribution is 6.00. The summed E-state index contributed by atoms with van der Waals surface area (Å²) in [6.07, 6.45) is 2.24. The molecular formula is C18H26N2O2. The summed E-state index contributed by atoms with van der Waals surface area (Å²) in [5.41, 5.74) is 2.00. The summed E-state index contributed by atoms with van der Waals surface area (Å²) < 4.78 is 0. The predicted octanol–water partition coefficient (Wildman–Crippen LogP) is 3.00. The van der Waals surface area contributed by atoms with Crippen molar-refractivity contribution in [3.8, 4) is 0 Å². The summed E-state index contributed by atoms with van der Waals surface area (Å²) in [6.45, 7) is 8.22. The number of rotatable bonds is 6. The molecule has 1 aromatic carbocycles. The minimum absolute atomic E-state index is 0.0561. The van der Waals surface area contributed by atoms with Crippen molar-refractivity contribution in [3.05, 3.63) is 29.8 Å². The van der Waals surface area contributed by atoms with Gasteiger partial charge in [0.1, 0.15) is 0 Å². The Hall–Kier alpha value is -1.84. The summed E-state index contributed by atoms with van der Waals surface area (Å²) in [5.74, 6) is -0.0149. The van der Waals surface area contributed by atoms with Crippen LogP contribution in [0.2, 0.25) is 0 Å². The van der Waals surface area contributed by atoms with Gasteiger partial charge in [-0.2, -0.15) is 0 Å². The number of carbonyl (C=O) groups is 2. The van der Waals surface area contributed by atoms with Crippen molar-refractivity contribution < 1.29 is 9.59 Å². The van der Waals surface area contributed by atoms with Gasteiger partial charge in [0.05, 0.1) is 5.92 Å². The molecule has 0 N–H and O–H groups in total. The van der Waals surface area contributed by atoms with E-state index in [1.54, 1.807) is 4.90 Å². The van der Waals surface area contributed by atoms with Crippen molar-refractivity contribution in [1.82, 2.24) is 4.90 Å². The standard InChI is InChI=1S/C18H26N2O2/c1-4-10-19(11-5-2)18(22)15-12-17(21)20(13-15)16-9-7-6-8-14(16)3/h6-9,15H,4-5,10-13H2,1-3H3. The number of nitrogens with zero attached hydrogens (tertiary/aromatic N) is 2. The van der Waals surface area contributed by atoms with Crippen molar-refractivity contribution in [1.29, 1.82) is 0 Å². The maximum atomic E-state index is 12.7. The third-order valence-corrected chi connectivity index (χ3v) is 4.18. The Balaban J connectivity index is 2.11. The molecule has 0 bridgehead atoms. The molecule has 1 fully saturated rings. The van der Waals surface area contributed by atoms with Crippen molar-refractivity contribution >= 4 is 17.5 Å². The Kier molecular flexibility index (Phi) is 5.58. The first kappa shape index (κ1) is 16.5. The molecule has 4 heteroatoms. The molecule has 1 aliphatic rings. The summed E-state index contributed by atoms with van der Waals surface area (Å²) in [6, 6.07) is 7.85. The van der Waals surface area contributed by atoms with Gasteiger partial charge in [-0.05, 0) is 31.4 Å². The van der Waals surface area contributed by atoms with Gasteiger partial charge in [-0.25, -0.2) is 0 Å². The quantitative estimate of drug-likeness (QED) is 0.810. The molecule has 0 spiro atoms. The number of para-hydroxylation sites is 1. The number of amides is 2. The van der Waals surface area contributed by atoms with E-state index in [0.717, 1.165) is 37.2 Å². The molecule has 2 rings (SSSR count). The molecule has 0 aromatic heterocycles. The number of hydrogen-bond acceptors (Lipinski definition) is 2. The van der Waals surface area contributed by atoms with Gasteiger partial charge >= 0.3 is 0 Å².